The number of hydrogen-bond acceptors (Lipinski definition) is 4. The monoisotopic (exact) mass is 293 g/mol. The molecule has 0 spiro atoms. The molecular weight excluding hydrogens is 278 g/mol. The van der Waals surface area contributed by atoms with Crippen molar-refractivity contribution in [1.82, 2.24) is 15.1 Å². The van der Waals surface area contributed by atoms with Crippen LogP contribution in [0, 0.1) is 6.92 Å². The van der Waals surface area contributed by atoms with E-state index in [4.69, 9.17) is 10.7 Å². The quantitative estimate of drug-likeness (QED) is 0.853. The lowest BCUT2D eigenvalue weighted by Gasteiger charge is -2.23. The smallest absolute Gasteiger partial charge is 0.275 e. The number of aromatic nitrogens is 2. The summed E-state index contributed by atoms with van der Waals surface area (Å²) in [5, 5.41) is 6.22. The second-order valence-electron chi connectivity index (χ2n) is 4.14. The van der Waals surface area contributed by atoms with Gasteiger partial charge in [0.15, 0.2) is 5.69 Å². The maximum absolute atomic E-state index is 12.1. The van der Waals surface area contributed by atoms with Gasteiger partial charge in [-0.15, -0.1) is 0 Å². The predicted octanol–water partition coefficient (Wildman–Crippen LogP) is 1.52. The summed E-state index contributed by atoms with van der Waals surface area (Å²) in [6.07, 6.45) is 0.759. The van der Waals surface area contributed by atoms with Gasteiger partial charge in [0.05, 0.1) is 5.69 Å². The Balaban J connectivity index is 3.24. The molecule has 0 aromatic carbocycles. The number of nitrogens with zero attached hydrogens (tertiary/aromatic N) is 2. The van der Waals surface area contributed by atoms with E-state index in [0.717, 1.165) is 6.42 Å². The van der Waals surface area contributed by atoms with Crippen LogP contribution in [0.15, 0.2) is 4.90 Å². The first-order valence-electron chi connectivity index (χ1n) is 5.46. The Morgan fingerprint density at radius 3 is 2.56 bits per heavy atom. The van der Waals surface area contributed by atoms with Gasteiger partial charge in [-0.25, -0.2) is 8.42 Å². The van der Waals surface area contributed by atoms with Crippen molar-refractivity contribution < 1.29 is 13.2 Å². The highest BCUT2D eigenvalue weighted by atomic mass is 35.7. The molecule has 0 saturated carbocycles. The number of aromatic amines is 1. The van der Waals surface area contributed by atoms with E-state index in [1.165, 1.54) is 11.8 Å². The molecule has 1 amide bonds. The fraction of sp³-hybridized carbons (Fsp3) is 0.600. The van der Waals surface area contributed by atoms with E-state index in [0.29, 0.717) is 0 Å². The van der Waals surface area contributed by atoms with Crippen molar-refractivity contribution in [2.45, 2.75) is 38.1 Å². The standard InChI is InChI=1S/C10H16ClN3O3S/c1-5-6(2)14(4)10(15)8-9(18(11,16)17)7(3)12-13-8/h6H,5H2,1-4H3,(H,12,13). The zero-order valence-corrected chi connectivity index (χ0v) is 12.3. The first kappa shape index (κ1) is 15.0. The summed E-state index contributed by atoms with van der Waals surface area (Å²) in [6.45, 7) is 5.30. The molecule has 8 heteroatoms. The lowest BCUT2D eigenvalue weighted by atomic mass is 10.2. The molecule has 0 bridgehead atoms. The molecule has 1 unspecified atom stereocenters. The Hall–Kier alpha value is -1.08. The third kappa shape index (κ3) is 2.84. The summed E-state index contributed by atoms with van der Waals surface area (Å²) in [7, 11) is 2.92. The molecule has 1 atom stereocenters. The van der Waals surface area contributed by atoms with Gasteiger partial charge in [-0.1, -0.05) is 6.92 Å². The lowest BCUT2D eigenvalue weighted by Crippen LogP contribution is -2.35. The van der Waals surface area contributed by atoms with Crippen molar-refractivity contribution in [2.24, 2.45) is 0 Å². The largest absolute Gasteiger partial charge is 0.338 e. The van der Waals surface area contributed by atoms with Crippen LogP contribution in [0.25, 0.3) is 0 Å². The van der Waals surface area contributed by atoms with E-state index in [-0.39, 0.29) is 22.3 Å². The summed E-state index contributed by atoms with van der Waals surface area (Å²) in [5.74, 6) is -0.465. The predicted molar refractivity (Wildman–Crippen MR) is 68.2 cm³/mol. The van der Waals surface area contributed by atoms with Crippen molar-refractivity contribution in [3.05, 3.63) is 11.4 Å². The minimum absolute atomic E-state index is 0.0135. The molecule has 6 nitrogen and oxygen atoms in total. The average Bonchev–Trinajstić information content (AvgIpc) is 2.67. The number of carbonyl (C=O) groups is 1. The minimum atomic E-state index is -4.00. The van der Waals surface area contributed by atoms with E-state index >= 15 is 0 Å². The topological polar surface area (TPSA) is 83.1 Å². The number of halogens is 1. The first-order chi connectivity index (χ1) is 8.20. The summed E-state index contributed by atoms with van der Waals surface area (Å²) in [5.41, 5.74) is 0.0937. The molecule has 0 aliphatic carbocycles. The average molecular weight is 294 g/mol. The SMILES string of the molecule is CCC(C)N(C)C(=O)c1n[nH]c(C)c1S(=O)(=O)Cl. The van der Waals surface area contributed by atoms with Crippen LogP contribution in [0.2, 0.25) is 0 Å². The van der Waals surface area contributed by atoms with Crippen molar-refractivity contribution >= 4 is 25.6 Å². The maximum Gasteiger partial charge on any atom is 0.275 e. The lowest BCUT2D eigenvalue weighted by molar-refractivity contribution is 0.0730. The van der Waals surface area contributed by atoms with E-state index in [1.54, 1.807) is 7.05 Å². The van der Waals surface area contributed by atoms with Crippen LogP contribution in [0.4, 0.5) is 0 Å². The molecule has 0 fully saturated rings. The molecule has 1 aromatic rings. The van der Waals surface area contributed by atoms with Gasteiger partial charge >= 0.3 is 0 Å². The van der Waals surface area contributed by atoms with Gasteiger partial charge < -0.3 is 4.90 Å². The van der Waals surface area contributed by atoms with Crippen molar-refractivity contribution in [2.75, 3.05) is 7.05 Å². The number of nitrogens with one attached hydrogen (secondary N) is 1. The van der Waals surface area contributed by atoms with Crippen LogP contribution >= 0.6 is 10.7 Å². The number of hydrogen-bond donors (Lipinski definition) is 1. The molecular formula is C10H16ClN3O3S. The molecule has 1 N–H and O–H groups in total. The summed E-state index contributed by atoms with van der Waals surface area (Å²) >= 11 is 0. The Morgan fingerprint density at radius 1 is 1.56 bits per heavy atom. The minimum Gasteiger partial charge on any atom is -0.338 e. The maximum atomic E-state index is 12.1. The normalized spacial score (nSPS) is 13.4. The molecule has 0 saturated heterocycles. The van der Waals surface area contributed by atoms with Crippen LogP contribution in [0.1, 0.15) is 36.5 Å². The molecule has 102 valence electrons. The van der Waals surface area contributed by atoms with Crippen molar-refractivity contribution in [1.29, 1.82) is 0 Å². The fourth-order valence-corrected chi connectivity index (χ4v) is 2.84. The summed E-state index contributed by atoms with van der Waals surface area (Å²) < 4.78 is 22.9. The van der Waals surface area contributed by atoms with Crippen LogP contribution in [-0.2, 0) is 9.05 Å². The van der Waals surface area contributed by atoms with E-state index in [2.05, 4.69) is 10.2 Å². The second kappa shape index (κ2) is 5.27. The van der Waals surface area contributed by atoms with Crippen molar-refractivity contribution in [3.63, 3.8) is 0 Å². The Kier molecular flexibility index (Phi) is 4.39. The van der Waals surface area contributed by atoms with Crippen LogP contribution in [0.5, 0.6) is 0 Å². The van der Waals surface area contributed by atoms with Crippen LogP contribution in [-0.4, -0.2) is 42.5 Å². The van der Waals surface area contributed by atoms with E-state index < -0.39 is 15.0 Å². The third-order valence-electron chi connectivity index (χ3n) is 2.91. The number of rotatable bonds is 4. The Morgan fingerprint density at radius 2 is 2.11 bits per heavy atom. The zero-order valence-electron chi connectivity index (χ0n) is 10.7. The Labute approximate surface area is 111 Å². The summed E-state index contributed by atoms with van der Waals surface area (Å²) in [6, 6.07) is -0.0135. The molecule has 0 aliphatic heterocycles. The Bertz CT molecular complexity index is 553. The zero-order chi connectivity index (χ0) is 14.1. The van der Waals surface area contributed by atoms with Gasteiger partial charge in [-0.05, 0) is 20.3 Å². The number of amides is 1. The highest BCUT2D eigenvalue weighted by Gasteiger charge is 2.29. The third-order valence-corrected chi connectivity index (χ3v) is 4.36. The van der Waals surface area contributed by atoms with Crippen LogP contribution in [0.3, 0.4) is 0 Å². The second-order valence-corrected chi connectivity index (χ2v) is 6.64. The number of aryl methyl sites for hydroxylation is 1. The van der Waals surface area contributed by atoms with Gasteiger partial charge in [0, 0.05) is 23.8 Å². The van der Waals surface area contributed by atoms with Crippen LogP contribution < -0.4 is 0 Å². The van der Waals surface area contributed by atoms with E-state index in [9.17, 15) is 13.2 Å². The summed E-state index contributed by atoms with van der Waals surface area (Å²) in [4.78, 5) is 13.3. The van der Waals surface area contributed by atoms with E-state index in [1.807, 2.05) is 13.8 Å². The van der Waals surface area contributed by atoms with Gasteiger partial charge in [0.1, 0.15) is 4.90 Å². The fourth-order valence-electron chi connectivity index (χ4n) is 1.50. The molecule has 1 rings (SSSR count). The highest BCUT2D eigenvalue weighted by Crippen LogP contribution is 2.23. The van der Waals surface area contributed by atoms with Gasteiger partial charge in [0.25, 0.3) is 15.0 Å². The van der Waals surface area contributed by atoms with Gasteiger partial charge in [-0.2, -0.15) is 5.10 Å². The first-order valence-corrected chi connectivity index (χ1v) is 7.77. The van der Waals surface area contributed by atoms with Crippen molar-refractivity contribution in [3.8, 4) is 0 Å². The molecule has 0 aliphatic rings. The molecule has 1 heterocycles. The molecule has 1 aromatic heterocycles. The highest BCUT2D eigenvalue weighted by molar-refractivity contribution is 8.13. The molecule has 0 radical (unpaired) electrons. The molecule has 18 heavy (non-hydrogen) atoms. The number of H-pyrrole nitrogens is 1. The van der Waals surface area contributed by atoms with Gasteiger partial charge in [0.2, 0.25) is 0 Å². The number of carbonyl (C=O) groups excluding carboxylic acids is 1. The van der Waals surface area contributed by atoms with Gasteiger partial charge in [-0.3, -0.25) is 9.89 Å².